The normalized spacial score (nSPS) is 10.2. The first-order valence-electron chi connectivity index (χ1n) is 5.47. The minimum absolute atomic E-state index is 0.129. The first kappa shape index (κ1) is 13.0. The molecule has 0 fully saturated rings. The molecule has 0 radical (unpaired) electrons. The molecule has 0 aliphatic carbocycles. The van der Waals surface area contributed by atoms with Gasteiger partial charge in [-0.25, -0.2) is 13.6 Å². The molecule has 0 aliphatic rings. The SMILES string of the molecule is O=C(O)c1c(F)cccc1OCc1ccccc1F. The Hall–Kier alpha value is -2.43. The molecule has 0 spiro atoms. The molecule has 0 aromatic heterocycles. The largest absolute Gasteiger partial charge is 0.488 e. The van der Waals surface area contributed by atoms with Crippen molar-refractivity contribution in [3.05, 3.63) is 65.2 Å². The fraction of sp³-hybridized carbons (Fsp3) is 0.0714. The maximum atomic E-state index is 13.4. The molecule has 2 aromatic rings. The van der Waals surface area contributed by atoms with Gasteiger partial charge in [0.1, 0.15) is 29.6 Å². The average Bonchev–Trinajstić information content (AvgIpc) is 2.37. The Morgan fingerprint density at radius 1 is 1.05 bits per heavy atom. The van der Waals surface area contributed by atoms with Gasteiger partial charge in [-0.3, -0.25) is 0 Å². The standard InChI is InChI=1S/C14H10F2O3/c15-10-5-2-1-4-9(10)8-19-12-7-3-6-11(16)13(12)14(17)18/h1-7H,8H2,(H,17,18). The molecular formula is C14H10F2O3. The highest BCUT2D eigenvalue weighted by Crippen LogP contribution is 2.22. The summed E-state index contributed by atoms with van der Waals surface area (Å²) in [4.78, 5) is 10.9. The monoisotopic (exact) mass is 264 g/mol. The number of hydrogen-bond donors (Lipinski definition) is 1. The molecule has 19 heavy (non-hydrogen) atoms. The zero-order chi connectivity index (χ0) is 13.8. The molecular weight excluding hydrogens is 254 g/mol. The van der Waals surface area contributed by atoms with E-state index in [0.29, 0.717) is 0 Å². The van der Waals surface area contributed by atoms with Crippen LogP contribution in [0.1, 0.15) is 15.9 Å². The van der Waals surface area contributed by atoms with Crippen LogP contribution < -0.4 is 4.74 Å². The lowest BCUT2D eigenvalue weighted by Gasteiger charge is -2.10. The summed E-state index contributed by atoms with van der Waals surface area (Å²) in [6, 6.07) is 9.62. The van der Waals surface area contributed by atoms with Crippen LogP contribution in [0.4, 0.5) is 8.78 Å². The molecule has 0 aliphatic heterocycles. The van der Waals surface area contributed by atoms with E-state index in [-0.39, 0.29) is 17.9 Å². The summed E-state index contributed by atoms with van der Waals surface area (Å²) in [6.45, 7) is -0.170. The smallest absolute Gasteiger partial charge is 0.342 e. The lowest BCUT2D eigenvalue weighted by atomic mass is 10.2. The molecule has 5 heteroatoms. The van der Waals surface area contributed by atoms with Crippen LogP contribution in [-0.4, -0.2) is 11.1 Å². The van der Waals surface area contributed by atoms with Crippen molar-refractivity contribution >= 4 is 5.97 Å². The second-order valence-corrected chi connectivity index (χ2v) is 3.80. The van der Waals surface area contributed by atoms with Crippen LogP contribution in [0.3, 0.4) is 0 Å². The van der Waals surface area contributed by atoms with Crippen LogP contribution in [0, 0.1) is 11.6 Å². The second kappa shape index (κ2) is 5.48. The Kier molecular flexibility index (Phi) is 3.75. The minimum Gasteiger partial charge on any atom is -0.488 e. The van der Waals surface area contributed by atoms with E-state index < -0.39 is 23.2 Å². The summed E-state index contributed by atoms with van der Waals surface area (Å²) in [5.41, 5.74) is -0.290. The van der Waals surface area contributed by atoms with Gasteiger partial charge in [0.15, 0.2) is 0 Å². The number of aromatic carboxylic acids is 1. The zero-order valence-electron chi connectivity index (χ0n) is 9.77. The van der Waals surface area contributed by atoms with Crippen LogP contribution in [0.2, 0.25) is 0 Å². The van der Waals surface area contributed by atoms with Crippen molar-refractivity contribution in [1.29, 1.82) is 0 Å². The van der Waals surface area contributed by atoms with Gasteiger partial charge in [0.25, 0.3) is 0 Å². The van der Waals surface area contributed by atoms with Gasteiger partial charge < -0.3 is 9.84 Å². The summed E-state index contributed by atoms with van der Waals surface area (Å²) in [6.07, 6.45) is 0. The summed E-state index contributed by atoms with van der Waals surface area (Å²) >= 11 is 0. The molecule has 0 saturated carbocycles. The van der Waals surface area contributed by atoms with E-state index >= 15 is 0 Å². The van der Waals surface area contributed by atoms with Crippen molar-refractivity contribution in [1.82, 2.24) is 0 Å². The average molecular weight is 264 g/mol. The Bertz CT molecular complexity index is 611. The van der Waals surface area contributed by atoms with Crippen molar-refractivity contribution < 1.29 is 23.4 Å². The molecule has 98 valence electrons. The maximum absolute atomic E-state index is 13.4. The summed E-state index contributed by atoms with van der Waals surface area (Å²) < 4.78 is 31.9. The maximum Gasteiger partial charge on any atom is 0.342 e. The van der Waals surface area contributed by atoms with Crippen LogP contribution >= 0.6 is 0 Å². The summed E-state index contributed by atoms with van der Waals surface area (Å²) in [7, 11) is 0. The fourth-order valence-electron chi connectivity index (χ4n) is 1.60. The van der Waals surface area contributed by atoms with Gasteiger partial charge in [0.05, 0.1) is 0 Å². The molecule has 3 nitrogen and oxygen atoms in total. The lowest BCUT2D eigenvalue weighted by molar-refractivity contribution is 0.0686. The van der Waals surface area contributed by atoms with E-state index in [4.69, 9.17) is 9.84 Å². The molecule has 0 heterocycles. The van der Waals surface area contributed by atoms with Gasteiger partial charge in [-0.05, 0) is 18.2 Å². The number of hydrogen-bond acceptors (Lipinski definition) is 2. The van der Waals surface area contributed by atoms with E-state index in [0.717, 1.165) is 6.07 Å². The number of carbonyl (C=O) groups is 1. The van der Waals surface area contributed by atoms with Gasteiger partial charge in [-0.2, -0.15) is 0 Å². The topological polar surface area (TPSA) is 46.5 Å². The molecule has 0 amide bonds. The Balaban J connectivity index is 2.23. The van der Waals surface area contributed by atoms with Crippen LogP contribution in [0.15, 0.2) is 42.5 Å². The van der Waals surface area contributed by atoms with Crippen molar-refractivity contribution in [2.45, 2.75) is 6.61 Å². The van der Waals surface area contributed by atoms with Crippen LogP contribution in [-0.2, 0) is 6.61 Å². The number of benzene rings is 2. The van der Waals surface area contributed by atoms with Gasteiger partial charge in [0, 0.05) is 5.56 Å². The van der Waals surface area contributed by atoms with Crippen molar-refractivity contribution in [3.8, 4) is 5.75 Å². The lowest BCUT2D eigenvalue weighted by Crippen LogP contribution is -2.06. The Labute approximate surface area is 108 Å². The number of carboxylic acid groups (broad SMARTS) is 1. The molecule has 0 unspecified atom stereocenters. The van der Waals surface area contributed by atoms with Crippen LogP contribution in [0.25, 0.3) is 0 Å². The van der Waals surface area contributed by atoms with Gasteiger partial charge in [-0.15, -0.1) is 0 Å². The predicted molar refractivity (Wildman–Crippen MR) is 64.1 cm³/mol. The van der Waals surface area contributed by atoms with Gasteiger partial charge in [0.2, 0.25) is 0 Å². The van der Waals surface area contributed by atoms with E-state index in [1.165, 1.54) is 30.3 Å². The molecule has 0 atom stereocenters. The summed E-state index contributed by atoms with van der Waals surface area (Å²) in [5.74, 6) is -2.91. The third-order valence-corrected chi connectivity index (χ3v) is 2.53. The Morgan fingerprint density at radius 2 is 1.74 bits per heavy atom. The van der Waals surface area contributed by atoms with E-state index in [1.807, 2.05) is 0 Å². The first-order chi connectivity index (χ1) is 9.09. The number of halogens is 2. The number of carboxylic acids is 1. The molecule has 2 rings (SSSR count). The highest BCUT2D eigenvalue weighted by molar-refractivity contribution is 5.91. The second-order valence-electron chi connectivity index (χ2n) is 3.80. The first-order valence-corrected chi connectivity index (χ1v) is 5.47. The van der Waals surface area contributed by atoms with Crippen molar-refractivity contribution in [3.63, 3.8) is 0 Å². The van der Waals surface area contributed by atoms with Crippen LogP contribution in [0.5, 0.6) is 5.75 Å². The molecule has 2 aromatic carbocycles. The van der Waals surface area contributed by atoms with E-state index in [1.54, 1.807) is 6.07 Å². The van der Waals surface area contributed by atoms with Gasteiger partial charge in [-0.1, -0.05) is 24.3 Å². The van der Waals surface area contributed by atoms with Crippen molar-refractivity contribution in [2.24, 2.45) is 0 Å². The van der Waals surface area contributed by atoms with E-state index in [2.05, 4.69) is 0 Å². The third kappa shape index (κ3) is 2.88. The highest BCUT2D eigenvalue weighted by atomic mass is 19.1. The molecule has 1 N–H and O–H groups in total. The molecule has 0 saturated heterocycles. The van der Waals surface area contributed by atoms with E-state index in [9.17, 15) is 13.6 Å². The molecule has 0 bridgehead atoms. The zero-order valence-corrected chi connectivity index (χ0v) is 9.77. The predicted octanol–water partition coefficient (Wildman–Crippen LogP) is 3.24. The van der Waals surface area contributed by atoms with Gasteiger partial charge >= 0.3 is 5.97 Å². The Morgan fingerprint density at radius 3 is 2.42 bits per heavy atom. The van der Waals surface area contributed by atoms with Crippen molar-refractivity contribution in [2.75, 3.05) is 0 Å². The third-order valence-electron chi connectivity index (χ3n) is 2.53. The summed E-state index contributed by atoms with van der Waals surface area (Å²) in [5, 5.41) is 8.90. The number of rotatable bonds is 4. The minimum atomic E-state index is -1.43. The highest BCUT2D eigenvalue weighted by Gasteiger charge is 2.17. The fourth-order valence-corrected chi connectivity index (χ4v) is 1.60. The quantitative estimate of drug-likeness (QED) is 0.922. The number of ether oxygens (including phenoxy) is 1.